The highest BCUT2D eigenvalue weighted by molar-refractivity contribution is 5.77. The van der Waals surface area contributed by atoms with Crippen LogP contribution in [0.25, 0.3) is 0 Å². The maximum atomic E-state index is 11.5. The Morgan fingerprint density at radius 3 is 2.76 bits per heavy atom. The van der Waals surface area contributed by atoms with Crippen LogP contribution in [0.1, 0.15) is 25.7 Å². The summed E-state index contributed by atoms with van der Waals surface area (Å²) in [5, 5.41) is 13.9. The van der Waals surface area contributed by atoms with Gasteiger partial charge in [-0.1, -0.05) is 12.2 Å². The zero-order valence-electron chi connectivity index (χ0n) is 9.54. The Hall–Kier alpha value is -1.39. The molecule has 1 saturated heterocycles. The van der Waals surface area contributed by atoms with E-state index in [9.17, 15) is 14.9 Å². The van der Waals surface area contributed by atoms with E-state index in [4.69, 9.17) is 0 Å². The van der Waals surface area contributed by atoms with E-state index in [2.05, 4.69) is 17.5 Å². The topological polar surface area (TPSA) is 72.2 Å². The second-order valence-electron chi connectivity index (χ2n) is 5.43. The van der Waals surface area contributed by atoms with Crippen LogP contribution in [0, 0.1) is 27.9 Å². The predicted molar refractivity (Wildman–Crippen MR) is 60.8 cm³/mol. The van der Waals surface area contributed by atoms with E-state index < -0.39 is 6.04 Å². The van der Waals surface area contributed by atoms with Crippen LogP contribution in [0.15, 0.2) is 12.2 Å². The van der Waals surface area contributed by atoms with Crippen molar-refractivity contribution >= 4 is 5.91 Å². The summed E-state index contributed by atoms with van der Waals surface area (Å²) in [4.78, 5) is 22.3. The minimum Gasteiger partial charge on any atom is -0.346 e. The van der Waals surface area contributed by atoms with Crippen LogP contribution in [-0.2, 0) is 4.79 Å². The molecule has 1 heterocycles. The summed E-state index contributed by atoms with van der Waals surface area (Å²) in [5.41, 5.74) is 0. The normalized spacial score (nSPS) is 43.8. The molecule has 0 unspecified atom stereocenters. The second kappa shape index (κ2) is 3.82. The Bertz CT molecular complexity index is 393. The van der Waals surface area contributed by atoms with Crippen molar-refractivity contribution in [1.82, 2.24) is 5.32 Å². The Morgan fingerprint density at radius 2 is 2.18 bits per heavy atom. The minimum absolute atomic E-state index is 0.0279. The van der Waals surface area contributed by atoms with E-state index in [1.54, 1.807) is 0 Å². The lowest BCUT2D eigenvalue weighted by Gasteiger charge is -2.33. The number of hydrogen-bond donors (Lipinski definition) is 1. The van der Waals surface area contributed by atoms with Crippen LogP contribution in [0.3, 0.4) is 0 Å². The maximum Gasteiger partial charge on any atom is 0.233 e. The summed E-state index contributed by atoms with van der Waals surface area (Å²) >= 11 is 0. The molecule has 17 heavy (non-hydrogen) atoms. The number of hydrogen-bond acceptors (Lipinski definition) is 3. The molecule has 2 aliphatic carbocycles. The van der Waals surface area contributed by atoms with Crippen LogP contribution in [0.5, 0.6) is 0 Å². The summed E-state index contributed by atoms with van der Waals surface area (Å²) in [6.07, 6.45) is 7.18. The maximum absolute atomic E-state index is 11.5. The molecule has 3 aliphatic rings. The van der Waals surface area contributed by atoms with Crippen molar-refractivity contribution < 1.29 is 9.72 Å². The molecule has 0 aromatic heterocycles. The van der Waals surface area contributed by atoms with Gasteiger partial charge >= 0.3 is 0 Å². The molecule has 1 N–H and O–H groups in total. The first kappa shape index (κ1) is 10.7. The van der Waals surface area contributed by atoms with Crippen molar-refractivity contribution in [3.63, 3.8) is 0 Å². The Labute approximate surface area is 99.4 Å². The van der Waals surface area contributed by atoms with E-state index >= 15 is 0 Å². The van der Waals surface area contributed by atoms with Gasteiger partial charge < -0.3 is 5.32 Å². The van der Waals surface area contributed by atoms with E-state index in [-0.39, 0.29) is 22.8 Å². The molecule has 1 aliphatic heterocycles. The van der Waals surface area contributed by atoms with Gasteiger partial charge in [0.1, 0.15) is 0 Å². The molecule has 92 valence electrons. The Morgan fingerprint density at radius 1 is 1.35 bits per heavy atom. The minimum atomic E-state index is -0.592. The van der Waals surface area contributed by atoms with Crippen LogP contribution < -0.4 is 5.32 Å². The van der Waals surface area contributed by atoms with Gasteiger partial charge in [0, 0.05) is 17.8 Å². The molecule has 0 aromatic rings. The zero-order valence-corrected chi connectivity index (χ0v) is 9.54. The fourth-order valence-electron chi connectivity index (χ4n) is 3.68. The van der Waals surface area contributed by atoms with Gasteiger partial charge in [-0.25, -0.2) is 0 Å². The van der Waals surface area contributed by atoms with E-state index in [1.807, 2.05) is 0 Å². The molecule has 3 rings (SSSR count). The zero-order chi connectivity index (χ0) is 12.0. The van der Waals surface area contributed by atoms with Gasteiger partial charge in [0.05, 0.1) is 6.04 Å². The summed E-state index contributed by atoms with van der Waals surface area (Å²) < 4.78 is 0. The van der Waals surface area contributed by atoms with Gasteiger partial charge in [0.25, 0.3) is 0 Å². The third-order valence-electron chi connectivity index (χ3n) is 4.47. The molecule has 5 atom stereocenters. The molecule has 0 spiro atoms. The van der Waals surface area contributed by atoms with Gasteiger partial charge in [0.15, 0.2) is 0 Å². The van der Waals surface area contributed by atoms with E-state index in [1.165, 1.54) is 0 Å². The Balaban J connectivity index is 1.80. The largest absolute Gasteiger partial charge is 0.346 e. The number of nitrogens with zero attached hydrogens (tertiary/aromatic N) is 1. The lowest BCUT2D eigenvalue weighted by atomic mass is 9.80. The summed E-state index contributed by atoms with van der Waals surface area (Å²) in [7, 11) is 0. The molecule has 5 nitrogen and oxygen atoms in total. The van der Waals surface area contributed by atoms with Crippen molar-refractivity contribution in [2.75, 3.05) is 0 Å². The number of rotatable bonds is 2. The highest BCUT2D eigenvalue weighted by Crippen LogP contribution is 2.46. The summed E-state index contributed by atoms with van der Waals surface area (Å²) in [5.74, 6) is 1.26. The van der Waals surface area contributed by atoms with Gasteiger partial charge in [-0.3, -0.25) is 14.9 Å². The predicted octanol–water partition coefficient (Wildman–Crippen LogP) is 1.12. The van der Waals surface area contributed by atoms with Gasteiger partial charge in [-0.05, 0) is 30.6 Å². The first-order valence-corrected chi connectivity index (χ1v) is 6.26. The van der Waals surface area contributed by atoms with Crippen molar-refractivity contribution in [3.8, 4) is 0 Å². The SMILES string of the molecule is O=C1CC[C@H]([N+](=O)[O-])[C@@H]([C@@H]2C[C@H]3C=C[C@H]2C3)N1. The standard InChI is InChI=1S/C12H16N2O3/c15-11-4-3-10(14(16)17)12(13-11)9-6-7-1-2-8(9)5-7/h1-2,7-10,12H,3-6H2,(H,13,15)/t7-,8-,9+,10-,12+/m0/s1. The van der Waals surface area contributed by atoms with E-state index in [0.717, 1.165) is 12.8 Å². The average Bonchev–Trinajstić information content (AvgIpc) is 2.90. The lowest BCUT2D eigenvalue weighted by Crippen LogP contribution is -2.55. The monoisotopic (exact) mass is 236 g/mol. The molecule has 0 aromatic carbocycles. The lowest BCUT2D eigenvalue weighted by molar-refractivity contribution is -0.530. The molecule has 1 amide bonds. The first-order valence-electron chi connectivity index (χ1n) is 6.26. The van der Waals surface area contributed by atoms with Crippen LogP contribution >= 0.6 is 0 Å². The van der Waals surface area contributed by atoms with Crippen molar-refractivity contribution in [2.45, 2.75) is 37.8 Å². The number of carbonyl (C=O) groups excluding carboxylic acids is 1. The fourth-order valence-corrected chi connectivity index (χ4v) is 3.68. The number of allylic oxidation sites excluding steroid dienone is 2. The summed E-state index contributed by atoms with van der Waals surface area (Å²) in [6, 6.07) is -0.850. The third kappa shape index (κ3) is 1.73. The van der Waals surface area contributed by atoms with Gasteiger partial charge in [0.2, 0.25) is 11.9 Å². The van der Waals surface area contributed by atoms with Crippen LogP contribution in [0.2, 0.25) is 0 Å². The van der Waals surface area contributed by atoms with Crippen molar-refractivity contribution in [2.24, 2.45) is 17.8 Å². The molecule has 2 bridgehead atoms. The molecular weight excluding hydrogens is 220 g/mol. The number of fused-ring (bicyclic) bond motifs is 2. The molecular formula is C12H16N2O3. The van der Waals surface area contributed by atoms with E-state index in [0.29, 0.717) is 24.7 Å². The molecule has 0 radical (unpaired) electrons. The van der Waals surface area contributed by atoms with Crippen molar-refractivity contribution in [1.29, 1.82) is 0 Å². The average molecular weight is 236 g/mol. The highest BCUT2D eigenvalue weighted by atomic mass is 16.6. The highest BCUT2D eigenvalue weighted by Gasteiger charge is 2.48. The number of nitro groups is 1. The first-order chi connectivity index (χ1) is 8.15. The smallest absolute Gasteiger partial charge is 0.233 e. The summed E-state index contributed by atoms with van der Waals surface area (Å²) in [6.45, 7) is 0. The molecule has 1 saturated carbocycles. The van der Waals surface area contributed by atoms with Gasteiger partial charge in [-0.15, -0.1) is 0 Å². The number of carbonyl (C=O) groups is 1. The number of piperidine rings is 1. The quantitative estimate of drug-likeness (QED) is 0.443. The number of nitrogens with one attached hydrogen (secondary N) is 1. The fraction of sp³-hybridized carbons (Fsp3) is 0.750. The third-order valence-corrected chi connectivity index (χ3v) is 4.47. The molecule has 2 fully saturated rings. The van der Waals surface area contributed by atoms with Crippen molar-refractivity contribution in [3.05, 3.63) is 22.3 Å². The number of amides is 1. The van der Waals surface area contributed by atoms with Gasteiger partial charge in [-0.2, -0.15) is 0 Å². The van der Waals surface area contributed by atoms with Crippen LogP contribution in [0.4, 0.5) is 0 Å². The molecule has 5 heteroatoms. The Kier molecular flexibility index (Phi) is 2.42. The van der Waals surface area contributed by atoms with Crippen LogP contribution in [-0.4, -0.2) is 22.9 Å². The second-order valence-corrected chi connectivity index (χ2v) is 5.43.